The molecule has 0 spiro atoms. The topological polar surface area (TPSA) is 75.7 Å². The van der Waals surface area contributed by atoms with E-state index < -0.39 is 5.91 Å². The Labute approximate surface area is 163 Å². The molecule has 6 heteroatoms. The van der Waals surface area contributed by atoms with Crippen LogP contribution in [0.2, 0.25) is 0 Å². The van der Waals surface area contributed by atoms with Crippen LogP contribution >= 0.6 is 0 Å². The molecule has 2 aromatic carbocycles. The maximum absolute atomic E-state index is 12.4. The third kappa shape index (κ3) is 3.81. The summed E-state index contributed by atoms with van der Waals surface area (Å²) in [5.74, 6) is -0.320. The number of amides is 3. The van der Waals surface area contributed by atoms with Crippen LogP contribution in [-0.2, 0) is 0 Å². The number of benzene rings is 2. The van der Waals surface area contributed by atoms with Crippen molar-refractivity contribution in [3.63, 3.8) is 0 Å². The van der Waals surface area contributed by atoms with Gasteiger partial charge in [0.25, 0.3) is 17.7 Å². The van der Waals surface area contributed by atoms with Crippen molar-refractivity contribution in [1.82, 2.24) is 10.2 Å². The van der Waals surface area contributed by atoms with Gasteiger partial charge >= 0.3 is 0 Å². The van der Waals surface area contributed by atoms with E-state index in [2.05, 4.69) is 11.9 Å². The van der Waals surface area contributed by atoms with Gasteiger partial charge in [-0.05, 0) is 43.7 Å². The third-order valence-electron chi connectivity index (χ3n) is 4.52. The summed E-state index contributed by atoms with van der Waals surface area (Å²) in [6.45, 7) is 8.33. The predicted molar refractivity (Wildman–Crippen MR) is 106 cm³/mol. The lowest BCUT2D eigenvalue weighted by molar-refractivity contribution is 0.0672. The van der Waals surface area contributed by atoms with Gasteiger partial charge in [0.1, 0.15) is 12.4 Å². The summed E-state index contributed by atoms with van der Waals surface area (Å²) in [4.78, 5) is 38.0. The summed E-state index contributed by atoms with van der Waals surface area (Å²) in [5.41, 5.74) is 3.08. The molecule has 0 bridgehead atoms. The minimum absolute atomic E-state index is 0.143. The van der Waals surface area contributed by atoms with Crippen LogP contribution in [0.15, 0.2) is 49.1 Å². The van der Waals surface area contributed by atoms with Crippen LogP contribution in [-0.4, -0.2) is 42.3 Å². The molecule has 28 heavy (non-hydrogen) atoms. The Bertz CT molecular complexity index is 965. The second-order valence-corrected chi connectivity index (χ2v) is 6.64. The van der Waals surface area contributed by atoms with Crippen LogP contribution in [0.1, 0.15) is 42.2 Å². The maximum atomic E-state index is 12.4. The first-order valence-electron chi connectivity index (χ1n) is 9.01. The third-order valence-corrected chi connectivity index (χ3v) is 4.52. The summed E-state index contributed by atoms with van der Waals surface area (Å²) in [6, 6.07) is 10.4. The summed E-state index contributed by atoms with van der Waals surface area (Å²) in [6.07, 6.45) is 1.49. The van der Waals surface area contributed by atoms with E-state index in [9.17, 15) is 14.4 Å². The quantitative estimate of drug-likeness (QED) is 0.457. The molecule has 0 unspecified atom stereocenters. The molecule has 3 amide bonds. The molecule has 1 N–H and O–H groups in total. The van der Waals surface area contributed by atoms with Crippen molar-refractivity contribution >= 4 is 17.7 Å². The SMILES string of the molecule is C=CCN1C(=O)c2ccc(C(=O)NCCOc3ccc(C)cc3C)cc2C1=O. The second kappa shape index (κ2) is 8.08. The molecular weight excluding hydrogens is 356 g/mol. The van der Waals surface area contributed by atoms with Gasteiger partial charge in [0.15, 0.2) is 0 Å². The van der Waals surface area contributed by atoms with Crippen LogP contribution in [0, 0.1) is 13.8 Å². The van der Waals surface area contributed by atoms with E-state index in [1.54, 1.807) is 6.07 Å². The molecule has 6 nitrogen and oxygen atoms in total. The predicted octanol–water partition coefficient (Wildman–Crippen LogP) is 2.89. The number of carbonyl (C=O) groups excluding carboxylic acids is 3. The Morgan fingerprint density at radius 2 is 1.86 bits per heavy atom. The molecule has 0 saturated heterocycles. The number of nitrogens with one attached hydrogen (secondary N) is 1. The molecule has 3 rings (SSSR count). The minimum Gasteiger partial charge on any atom is -0.491 e. The van der Waals surface area contributed by atoms with E-state index in [0.29, 0.717) is 24.3 Å². The van der Waals surface area contributed by atoms with Gasteiger partial charge in [0, 0.05) is 12.1 Å². The van der Waals surface area contributed by atoms with Crippen LogP contribution in [0.25, 0.3) is 0 Å². The molecule has 0 aliphatic carbocycles. The van der Waals surface area contributed by atoms with Gasteiger partial charge in [-0.3, -0.25) is 19.3 Å². The van der Waals surface area contributed by atoms with Gasteiger partial charge in [-0.25, -0.2) is 0 Å². The van der Waals surface area contributed by atoms with Crippen molar-refractivity contribution in [3.8, 4) is 5.75 Å². The average molecular weight is 378 g/mol. The summed E-state index contributed by atoms with van der Waals surface area (Å²) in [5, 5.41) is 2.76. The Balaban J connectivity index is 1.59. The molecule has 0 atom stereocenters. The lowest BCUT2D eigenvalue weighted by Gasteiger charge is -2.11. The van der Waals surface area contributed by atoms with Crippen molar-refractivity contribution < 1.29 is 19.1 Å². The fraction of sp³-hybridized carbons (Fsp3) is 0.227. The molecule has 0 fully saturated rings. The standard InChI is InChI=1S/C22H22N2O4/c1-4-10-24-21(26)17-7-6-16(13-18(17)22(24)27)20(25)23-9-11-28-19-8-5-14(2)12-15(19)3/h4-8,12-13H,1,9-11H2,2-3H3,(H,23,25). The lowest BCUT2D eigenvalue weighted by Crippen LogP contribution is -2.29. The van der Waals surface area contributed by atoms with E-state index in [0.717, 1.165) is 21.8 Å². The Morgan fingerprint density at radius 3 is 2.57 bits per heavy atom. The molecule has 1 aliphatic rings. The number of fused-ring (bicyclic) bond motifs is 1. The van der Waals surface area contributed by atoms with Crippen molar-refractivity contribution in [3.05, 3.63) is 76.9 Å². The number of rotatable bonds is 7. The van der Waals surface area contributed by atoms with Gasteiger partial charge in [0.05, 0.1) is 17.7 Å². The van der Waals surface area contributed by atoms with Crippen LogP contribution in [0.5, 0.6) is 5.75 Å². The zero-order valence-corrected chi connectivity index (χ0v) is 16.0. The van der Waals surface area contributed by atoms with Crippen molar-refractivity contribution in [2.24, 2.45) is 0 Å². The van der Waals surface area contributed by atoms with Crippen LogP contribution in [0.4, 0.5) is 0 Å². The minimum atomic E-state index is -0.410. The highest BCUT2D eigenvalue weighted by atomic mass is 16.5. The molecular formula is C22H22N2O4. The lowest BCUT2D eigenvalue weighted by atomic mass is 10.1. The fourth-order valence-corrected chi connectivity index (χ4v) is 3.12. The highest BCUT2D eigenvalue weighted by molar-refractivity contribution is 6.22. The molecule has 0 radical (unpaired) electrons. The Kier molecular flexibility index (Phi) is 5.59. The smallest absolute Gasteiger partial charge is 0.261 e. The number of ether oxygens (including phenoxy) is 1. The van der Waals surface area contributed by atoms with Crippen molar-refractivity contribution in [2.45, 2.75) is 13.8 Å². The zero-order valence-electron chi connectivity index (χ0n) is 16.0. The first-order chi connectivity index (χ1) is 13.4. The van der Waals surface area contributed by atoms with Gasteiger partial charge in [-0.2, -0.15) is 0 Å². The first kappa shape index (κ1) is 19.4. The number of carbonyl (C=O) groups is 3. The van der Waals surface area contributed by atoms with E-state index in [1.165, 1.54) is 18.2 Å². The van der Waals surface area contributed by atoms with Gasteiger partial charge in [-0.15, -0.1) is 6.58 Å². The molecule has 0 aromatic heterocycles. The van der Waals surface area contributed by atoms with Gasteiger partial charge in [0.2, 0.25) is 0 Å². The van der Waals surface area contributed by atoms with Gasteiger partial charge < -0.3 is 10.1 Å². The highest BCUT2D eigenvalue weighted by Crippen LogP contribution is 2.24. The number of aryl methyl sites for hydroxylation is 2. The van der Waals surface area contributed by atoms with Crippen molar-refractivity contribution in [1.29, 1.82) is 0 Å². The summed E-state index contributed by atoms with van der Waals surface area (Å²) < 4.78 is 5.69. The molecule has 1 heterocycles. The first-order valence-corrected chi connectivity index (χ1v) is 9.01. The summed E-state index contributed by atoms with van der Waals surface area (Å²) >= 11 is 0. The number of imide groups is 1. The second-order valence-electron chi connectivity index (χ2n) is 6.64. The molecule has 2 aromatic rings. The Hall–Kier alpha value is -3.41. The van der Waals surface area contributed by atoms with E-state index in [1.807, 2.05) is 32.0 Å². The maximum Gasteiger partial charge on any atom is 0.261 e. The van der Waals surface area contributed by atoms with Crippen molar-refractivity contribution in [2.75, 3.05) is 19.7 Å². The van der Waals surface area contributed by atoms with E-state index >= 15 is 0 Å². The molecule has 0 saturated carbocycles. The molecule has 144 valence electrons. The number of nitrogens with zero attached hydrogens (tertiary/aromatic N) is 1. The number of hydrogen-bond donors (Lipinski definition) is 1. The fourth-order valence-electron chi connectivity index (χ4n) is 3.12. The summed E-state index contributed by atoms with van der Waals surface area (Å²) in [7, 11) is 0. The highest BCUT2D eigenvalue weighted by Gasteiger charge is 2.35. The van der Waals surface area contributed by atoms with E-state index in [4.69, 9.17) is 4.74 Å². The average Bonchev–Trinajstić information content (AvgIpc) is 2.91. The zero-order chi connectivity index (χ0) is 20.3. The largest absolute Gasteiger partial charge is 0.491 e. The van der Waals surface area contributed by atoms with Crippen LogP contribution in [0.3, 0.4) is 0 Å². The van der Waals surface area contributed by atoms with Gasteiger partial charge in [-0.1, -0.05) is 23.8 Å². The molecule has 1 aliphatic heterocycles. The van der Waals surface area contributed by atoms with E-state index in [-0.39, 0.29) is 23.9 Å². The monoisotopic (exact) mass is 378 g/mol. The Morgan fingerprint density at radius 1 is 1.11 bits per heavy atom. The normalized spacial score (nSPS) is 12.7. The van der Waals surface area contributed by atoms with Crippen LogP contribution < -0.4 is 10.1 Å². The number of hydrogen-bond acceptors (Lipinski definition) is 4.